The van der Waals surface area contributed by atoms with Crippen LogP contribution in [0.1, 0.15) is 303 Å². The van der Waals surface area contributed by atoms with Gasteiger partial charge >= 0.3 is 5.97 Å². The number of phosphoric acid groups is 1. The lowest BCUT2D eigenvalue weighted by Gasteiger charge is -2.30. The Kier molecular flexibility index (Phi) is 55.3. The molecule has 3 atom stereocenters. The molecule has 0 fully saturated rings. The van der Waals surface area contributed by atoms with Crippen LogP contribution >= 0.6 is 7.82 Å². The normalized spacial score (nSPS) is 14.0. The van der Waals surface area contributed by atoms with Gasteiger partial charge in [0.1, 0.15) is 19.3 Å². The molecule has 0 aromatic carbocycles. The summed E-state index contributed by atoms with van der Waals surface area (Å²) in [7, 11) is 1.18. The van der Waals surface area contributed by atoms with Gasteiger partial charge in [-0.25, -0.2) is 0 Å². The molecule has 0 saturated heterocycles. The highest BCUT2D eigenvalue weighted by atomic mass is 31.2. The fourth-order valence-corrected chi connectivity index (χ4v) is 10.1. The summed E-state index contributed by atoms with van der Waals surface area (Å²) >= 11 is 0. The Balaban J connectivity index is 5.11. The number of likely N-dealkylation sites (N-methyl/N-ethyl adjacent to an activating group) is 1. The second-order valence-corrected chi connectivity index (χ2v) is 24.7. The van der Waals surface area contributed by atoms with E-state index in [-0.39, 0.29) is 24.9 Å². The lowest BCUT2D eigenvalue weighted by atomic mass is 10.0. The summed E-state index contributed by atoms with van der Waals surface area (Å²) in [5, 5.41) is 3.03. The van der Waals surface area contributed by atoms with Crippen LogP contribution < -0.4 is 10.2 Å². The minimum absolute atomic E-state index is 0.0252. The molecule has 0 aliphatic rings. The number of esters is 1. The zero-order valence-electron chi connectivity index (χ0n) is 51.4. The summed E-state index contributed by atoms with van der Waals surface area (Å²) in [6.45, 7) is 6.82. The van der Waals surface area contributed by atoms with Gasteiger partial charge in [0, 0.05) is 12.8 Å². The second-order valence-electron chi connectivity index (χ2n) is 23.3. The summed E-state index contributed by atoms with van der Waals surface area (Å²) in [5.41, 5.74) is 0. The third-order valence-corrected chi connectivity index (χ3v) is 15.4. The van der Waals surface area contributed by atoms with Gasteiger partial charge in [-0.2, -0.15) is 0 Å². The summed E-state index contributed by atoms with van der Waals surface area (Å²) in [4.78, 5) is 40.0. The molecule has 450 valence electrons. The van der Waals surface area contributed by atoms with E-state index in [2.05, 4.69) is 74.7 Å². The highest BCUT2D eigenvalue weighted by molar-refractivity contribution is 7.45. The molecule has 0 aliphatic carbocycles. The van der Waals surface area contributed by atoms with Crippen molar-refractivity contribution in [2.24, 2.45) is 0 Å². The molecule has 1 N–H and O–H groups in total. The Morgan fingerprint density at radius 3 is 1.23 bits per heavy atom. The zero-order chi connectivity index (χ0) is 56.4. The first-order chi connectivity index (χ1) is 37.4. The van der Waals surface area contributed by atoms with Crippen molar-refractivity contribution in [2.45, 2.75) is 315 Å². The standard InChI is InChI=1S/C67H125N2O7P/c1-7-10-13-16-19-22-25-28-30-31-32-33-34-35-36-37-38-39-40-41-44-47-50-53-56-59-66(70)68-64(63-75-77(72,73)74-62-61-69(4,5)6)65(58-55-52-49-46-43-27-24-21-18-15-12-9-3)76-67(71)60-57-54-51-48-45-42-29-26-23-20-17-14-11-8-2/h19,22,28,30,32-33,42,45,55,58,64-65H,7-18,20-21,23-27,29,31,34-41,43-44,46-54,56-57,59-63H2,1-6H3,(H-,68,70,72,73)/b22-19-,30-28-,33-32-,45-42-,58-55-. The van der Waals surface area contributed by atoms with E-state index in [4.69, 9.17) is 13.8 Å². The average molecular weight is 1100 g/mol. The molecule has 0 radical (unpaired) electrons. The molecule has 0 rings (SSSR count). The first-order valence-corrected chi connectivity index (χ1v) is 34.1. The number of hydrogen-bond donors (Lipinski definition) is 1. The monoisotopic (exact) mass is 1100 g/mol. The molecule has 0 bridgehead atoms. The number of nitrogens with zero attached hydrogens (tertiary/aromatic N) is 1. The third kappa shape index (κ3) is 58.2. The predicted octanol–water partition coefficient (Wildman–Crippen LogP) is 19.6. The SMILES string of the molecule is CCCCC/C=C\C/C=C\C/C=C\CCCCCCCCCCCCCCC(=O)NC(COP(=O)([O-])OCC[N+](C)(C)C)C(/C=C\CCCCCCCCCCCC)OC(=O)CCCCC/C=C\CCCCCCCCC. The van der Waals surface area contributed by atoms with Gasteiger partial charge in [0.05, 0.1) is 33.8 Å². The number of nitrogens with one attached hydrogen (secondary N) is 1. The Morgan fingerprint density at radius 2 is 0.792 bits per heavy atom. The maximum absolute atomic E-state index is 13.6. The number of hydrogen-bond acceptors (Lipinski definition) is 7. The number of ether oxygens (including phenoxy) is 1. The Hall–Kier alpha value is -2.29. The van der Waals surface area contributed by atoms with Crippen LogP contribution in [0.4, 0.5) is 0 Å². The molecule has 0 aromatic rings. The van der Waals surface area contributed by atoms with Crippen molar-refractivity contribution >= 4 is 19.7 Å². The van der Waals surface area contributed by atoms with Gasteiger partial charge in [0.25, 0.3) is 7.82 Å². The zero-order valence-corrected chi connectivity index (χ0v) is 52.3. The van der Waals surface area contributed by atoms with Crippen LogP contribution in [0, 0.1) is 0 Å². The minimum atomic E-state index is -4.70. The molecular weight excluding hydrogens is 976 g/mol. The number of allylic oxidation sites excluding steroid dienone is 9. The van der Waals surface area contributed by atoms with Crippen LogP contribution in [0.25, 0.3) is 0 Å². The van der Waals surface area contributed by atoms with E-state index >= 15 is 0 Å². The highest BCUT2D eigenvalue weighted by Gasteiger charge is 2.27. The van der Waals surface area contributed by atoms with Crippen LogP contribution in [0.2, 0.25) is 0 Å². The number of rotatable bonds is 59. The van der Waals surface area contributed by atoms with Crippen molar-refractivity contribution in [3.63, 3.8) is 0 Å². The Labute approximate surface area is 477 Å². The fourth-order valence-electron chi connectivity index (χ4n) is 9.35. The Bertz CT molecular complexity index is 1500. The van der Waals surface area contributed by atoms with E-state index in [0.29, 0.717) is 23.9 Å². The molecule has 0 heterocycles. The van der Waals surface area contributed by atoms with Gasteiger partial charge < -0.3 is 28.5 Å². The summed E-state index contributed by atoms with van der Waals surface area (Å²) < 4.78 is 30.3. The lowest BCUT2D eigenvalue weighted by molar-refractivity contribution is -0.870. The topological polar surface area (TPSA) is 114 Å². The number of carbonyl (C=O) groups excluding carboxylic acids is 2. The van der Waals surface area contributed by atoms with Crippen LogP contribution in [-0.4, -0.2) is 69.4 Å². The molecule has 77 heavy (non-hydrogen) atoms. The van der Waals surface area contributed by atoms with Gasteiger partial charge in [-0.3, -0.25) is 14.2 Å². The molecule has 9 nitrogen and oxygen atoms in total. The first kappa shape index (κ1) is 74.7. The van der Waals surface area contributed by atoms with Crippen LogP contribution in [0.5, 0.6) is 0 Å². The van der Waals surface area contributed by atoms with Crippen LogP contribution in [0.3, 0.4) is 0 Å². The van der Waals surface area contributed by atoms with Crippen LogP contribution in [-0.2, 0) is 27.9 Å². The molecule has 0 saturated carbocycles. The largest absolute Gasteiger partial charge is 0.756 e. The fraction of sp³-hybridized carbons (Fsp3) is 0.821. The molecule has 10 heteroatoms. The van der Waals surface area contributed by atoms with Crippen molar-refractivity contribution in [1.29, 1.82) is 0 Å². The molecule has 1 amide bonds. The van der Waals surface area contributed by atoms with Crippen molar-refractivity contribution in [3.8, 4) is 0 Å². The maximum Gasteiger partial charge on any atom is 0.306 e. The average Bonchev–Trinajstić information content (AvgIpc) is 3.39. The number of carbonyl (C=O) groups is 2. The molecular formula is C67H125N2O7P. The van der Waals surface area contributed by atoms with Crippen molar-refractivity contribution in [2.75, 3.05) is 40.9 Å². The van der Waals surface area contributed by atoms with Gasteiger partial charge in [0.15, 0.2) is 0 Å². The molecule has 0 aliphatic heterocycles. The summed E-state index contributed by atoms with van der Waals surface area (Å²) in [6, 6.07) is -0.895. The minimum Gasteiger partial charge on any atom is -0.756 e. The summed E-state index contributed by atoms with van der Waals surface area (Å²) in [5.74, 6) is -0.555. The van der Waals surface area contributed by atoms with Gasteiger partial charge in [-0.15, -0.1) is 0 Å². The van der Waals surface area contributed by atoms with E-state index in [1.54, 1.807) is 0 Å². The van der Waals surface area contributed by atoms with E-state index in [1.165, 1.54) is 186 Å². The van der Waals surface area contributed by atoms with Crippen molar-refractivity contribution in [1.82, 2.24) is 5.32 Å². The molecule has 0 aromatic heterocycles. The quantitative estimate of drug-likeness (QED) is 0.0212. The predicted molar refractivity (Wildman–Crippen MR) is 330 cm³/mol. The number of phosphoric ester groups is 1. The smallest absolute Gasteiger partial charge is 0.306 e. The molecule has 3 unspecified atom stereocenters. The molecule has 0 spiro atoms. The van der Waals surface area contributed by atoms with E-state index in [1.807, 2.05) is 33.3 Å². The maximum atomic E-state index is 13.6. The van der Waals surface area contributed by atoms with E-state index < -0.39 is 26.6 Å². The number of unbranched alkanes of at least 4 members (excludes halogenated alkanes) is 35. The lowest BCUT2D eigenvalue weighted by Crippen LogP contribution is -2.47. The van der Waals surface area contributed by atoms with Gasteiger partial charge in [-0.1, -0.05) is 255 Å². The van der Waals surface area contributed by atoms with E-state index in [0.717, 1.165) is 77.0 Å². The highest BCUT2D eigenvalue weighted by Crippen LogP contribution is 2.38. The third-order valence-electron chi connectivity index (χ3n) is 14.4. The van der Waals surface area contributed by atoms with Crippen LogP contribution in [0.15, 0.2) is 60.8 Å². The van der Waals surface area contributed by atoms with Crippen molar-refractivity contribution in [3.05, 3.63) is 60.8 Å². The van der Waals surface area contributed by atoms with E-state index in [9.17, 15) is 19.0 Å². The van der Waals surface area contributed by atoms with Crippen molar-refractivity contribution < 1.29 is 37.3 Å². The number of amides is 1. The Morgan fingerprint density at radius 1 is 0.455 bits per heavy atom. The van der Waals surface area contributed by atoms with Gasteiger partial charge in [0.2, 0.25) is 5.91 Å². The van der Waals surface area contributed by atoms with Gasteiger partial charge in [-0.05, 0) is 96.0 Å². The summed E-state index contributed by atoms with van der Waals surface area (Å²) in [6.07, 6.45) is 71.9. The first-order valence-electron chi connectivity index (χ1n) is 32.6. The second kappa shape index (κ2) is 57.0. The number of quaternary nitrogens is 1.